The van der Waals surface area contributed by atoms with Gasteiger partial charge in [-0.15, -0.1) is 0 Å². The van der Waals surface area contributed by atoms with E-state index < -0.39 is 0 Å². The van der Waals surface area contributed by atoms with Gasteiger partial charge in [0.25, 0.3) is 0 Å². The summed E-state index contributed by atoms with van der Waals surface area (Å²) in [5, 5.41) is 3.69. The van der Waals surface area contributed by atoms with Gasteiger partial charge in [-0.25, -0.2) is 0 Å². The van der Waals surface area contributed by atoms with Gasteiger partial charge in [0, 0.05) is 17.1 Å². The van der Waals surface area contributed by atoms with E-state index in [1.54, 1.807) is 0 Å². The van der Waals surface area contributed by atoms with Crippen molar-refractivity contribution in [2.24, 2.45) is 5.41 Å². The van der Waals surface area contributed by atoms with E-state index >= 15 is 0 Å². The molecular formula is C17H26BrNO. The van der Waals surface area contributed by atoms with Crippen LogP contribution in [0.4, 0.5) is 0 Å². The molecule has 0 unspecified atom stereocenters. The maximum absolute atomic E-state index is 5.89. The highest BCUT2D eigenvalue weighted by molar-refractivity contribution is 9.10. The molecule has 3 heteroatoms. The number of benzene rings is 1. The molecule has 20 heavy (non-hydrogen) atoms. The molecule has 1 aliphatic carbocycles. The van der Waals surface area contributed by atoms with Crippen molar-refractivity contribution < 1.29 is 4.74 Å². The summed E-state index contributed by atoms with van der Waals surface area (Å²) in [5.74, 6) is 0.962. The highest BCUT2D eigenvalue weighted by Gasteiger charge is 2.29. The van der Waals surface area contributed by atoms with E-state index in [1.807, 2.05) is 24.3 Å². The van der Waals surface area contributed by atoms with Gasteiger partial charge in [0.1, 0.15) is 5.75 Å². The van der Waals surface area contributed by atoms with Crippen molar-refractivity contribution in [3.05, 3.63) is 28.7 Å². The minimum atomic E-state index is 0.387. The van der Waals surface area contributed by atoms with E-state index in [9.17, 15) is 0 Å². The predicted molar refractivity (Wildman–Crippen MR) is 88.3 cm³/mol. The molecule has 0 heterocycles. The Bertz CT molecular complexity index is 396. The third-order valence-corrected chi connectivity index (χ3v) is 5.09. The molecule has 112 valence electrons. The van der Waals surface area contributed by atoms with E-state index in [1.165, 1.54) is 25.7 Å². The molecular weight excluding hydrogens is 314 g/mol. The summed E-state index contributed by atoms with van der Waals surface area (Å²) >= 11 is 3.44. The summed E-state index contributed by atoms with van der Waals surface area (Å²) in [6, 6.07) is 8.88. The number of nitrogens with one attached hydrogen (secondary N) is 1. The van der Waals surface area contributed by atoms with E-state index in [2.05, 4.69) is 35.1 Å². The summed E-state index contributed by atoms with van der Waals surface area (Å²) in [6.45, 7) is 6.54. The monoisotopic (exact) mass is 339 g/mol. The largest absolute Gasteiger partial charge is 0.494 e. The number of halogens is 1. The van der Waals surface area contributed by atoms with Crippen LogP contribution < -0.4 is 10.1 Å². The number of hydrogen-bond donors (Lipinski definition) is 1. The molecule has 1 aromatic carbocycles. The summed E-state index contributed by atoms with van der Waals surface area (Å²) in [6.07, 6.45) is 6.27. The zero-order chi connectivity index (χ0) is 14.4. The normalized spacial score (nSPS) is 15.3. The molecule has 0 spiro atoms. The van der Waals surface area contributed by atoms with Gasteiger partial charge in [-0.3, -0.25) is 0 Å². The molecule has 0 amide bonds. The van der Waals surface area contributed by atoms with Gasteiger partial charge >= 0.3 is 0 Å². The first-order valence-corrected chi connectivity index (χ1v) is 8.58. The van der Waals surface area contributed by atoms with Crippen molar-refractivity contribution in [2.45, 2.75) is 52.0 Å². The second-order valence-electron chi connectivity index (χ2n) is 5.91. The van der Waals surface area contributed by atoms with Crippen molar-refractivity contribution in [1.29, 1.82) is 0 Å². The Kier molecular flexibility index (Phi) is 5.91. The molecule has 2 rings (SSSR count). The average molecular weight is 340 g/mol. The quantitative estimate of drug-likeness (QED) is 0.699. The average Bonchev–Trinajstić information content (AvgIpc) is 3.29. The molecule has 1 fully saturated rings. The third kappa shape index (κ3) is 4.78. The molecule has 0 radical (unpaired) electrons. The summed E-state index contributed by atoms with van der Waals surface area (Å²) < 4.78 is 6.99. The SMILES string of the molecule is CCC(CC)(CCOc1ccc(Br)cc1)CNC1CC1. The van der Waals surface area contributed by atoms with E-state index in [0.717, 1.165) is 35.8 Å². The van der Waals surface area contributed by atoms with E-state index in [-0.39, 0.29) is 0 Å². The van der Waals surface area contributed by atoms with Crippen LogP contribution in [0.25, 0.3) is 0 Å². The van der Waals surface area contributed by atoms with Crippen LogP contribution in [0.2, 0.25) is 0 Å². The Morgan fingerprint density at radius 2 is 1.85 bits per heavy atom. The van der Waals surface area contributed by atoms with Gasteiger partial charge in [-0.1, -0.05) is 29.8 Å². The van der Waals surface area contributed by atoms with Crippen LogP contribution in [0.1, 0.15) is 46.0 Å². The molecule has 0 atom stereocenters. The second-order valence-corrected chi connectivity index (χ2v) is 6.83. The number of rotatable bonds is 9. The number of hydrogen-bond acceptors (Lipinski definition) is 2. The third-order valence-electron chi connectivity index (χ3n) is 4.56. The van der Waals surface area contributed by atoms with Crippen molar-refractivity contribution in [2.75, 3.05) is 13.2 Å². The van der Waals surface area contributed by atoms with Crippen molar-refractivity contribution >= 4 is 15.9 Å². The van der Waals surface area contributed by atoms with Crippen molar-refractivity contribution in [3.8, 4) is 5.75 Å². The molecule has 1 aromatic rings. The van der Waals surface area contributed by atoms with E-state index in [4.69, 9.17) is 4.74 Å². The minimum Gasteiger partial charge on any atom is -0.494 e. The number of ether oxygens (including phenoxy) is 1. The zero-order valence-electron chi connectivity index (χ0n) is 12.6. The van der Waals surface area contributed by atoms with Crippen LogP contribution in [0.15, 0.2) is 28.7 Å². The second kappa shape index (κ2) is 7.46. The lowest BCUT2D eigenvalue weighted by molar-refractivity contribution is 0.174. The van der Waals surface area contributed by atoms with Gasteiger partial charge < -0.3 is 10.1 Å². The smallest absolute Gasteiger partial charge is 0.119 e. The minimum absolute atomic E-state index is 0.387. The van der Waals surface area contributed by atoms with Crippen LogP contribution in [-0.2, 0) is 0 Å². The van der Waals surface area contributed by atoms with Crippen molar-refractivity contribution in [1.82, 2.24) is 5.32 Å². The predicted octanol–water partition coefficient (Wildman–Crippen LogP) is 4.78. The lowest BCUT2D eigenvalue weighted by Crippen LogP contribution is -2.36. The van der Waals surface area contributed by atoms with Crippen molar-refractivity contribution in [3.63, 3.8) is 0 Å². The highest BCUT2D eigenvalue weighted by Crippen LogP contribution is 2.32. The summed E-state index contributed by atoms with van der Waals surface area (Å²) in [7, 11) is 0. The van der Waals surface area contributed by atoms with Gasteiger partial charge in [0.2, 0.25) is 0 Å². The first-order valence-electron chi connectivity index (χ1n) is 7.79. The Morgan fingerprint density at radius 3 is 2.40 bits per heavy atom. The van der Waals surface area contributed by atoms with Crippen LogP contribution in [0, 0.1) is 5.41 Å². The fourth-order valence-corrected chi connectivity index (χ4v) is 2.77. The van der Waals surface area contributed by atoms with Crippen LogP contribution >= 0.6 is 15.9 Å². The molecule has 1 saturated carbocycles. The van der Waals surface area contributed by atoms with Crippen LogP contribution in [0.3, 0.4) is 0 Å². The maximum atomic E-state index is 5.89. The molecule has 1 N–H and O–H groups in total. The topological polar surface area (TPSA) is 21.3 Å². The Balaban J connectivity index is 1.79. The molecule has 0 saturated heterocycles. The van der Waals surface area contributed by atoms with Gasteiger partial charge in [0.05, 0.1) is 6.61 Å². The highest BCUT2D eigenvalue weighted by atomic mass is 79.9. The van der Waals surface area contributed by atoms with Crippen LogP contribution in [0.5, 0.6) is 5.75 Å². The van der Waals surface area contributed by atoms with E-state index in [0.29, 0.717) is 5.41 Å². The Morgan fingerprint density at radius 1 is 1.20 bits per heavy atom. The first kappa shape index (κ1) is 15.8. The lowest BCUT2D eigenvalue weighted by Gasteiger charge is -2.32. The molecule has 2 nitrogen and oxygen atoms in total. The van der Waals surface area contributed by atoms with Gasteiger partial charge in [-0.2, -0.15) is 0 Å². The zero-order valence-corrected chi connectivity index (χ0v) is 14.2. The maximum Gasteiger partial charge on any atom is 0.119 e. The summed E-state index contributed by atoms with van der Waals surface area (Å²) in [4.78, 5) is 0. The Hall–Kier alpha value is -0.540. The first-order chi connectivity index (χ1) is 9.67. The molecule has 0 bridgehead atoms. The van der Waals surface area contributed by atoms with Crippen LogP contribution in [-0.4, -0.2) is 19.2 Å². The van der Waals surface area contributed by atoms with Gasteiger partial charge in [0.15, 0.2) is 0 Å². The fraction of sp³-hybridized carbons (Fsp3) is 0.647. The van der Waals surface area contributed by atoms with Gasteiger partial charge in [-0.05, 0) is 61.8 Å². The fourth-order valence-electron chi connectivity index (χ4n) is 2.51. The molecule has 0 aliphatic heterocycles. The molecule has 1 aliphatic rings. The standard InChI is InChI=1S/C17H26BrNO/c1-3-17(4-2,13-19-15-7-8-15)11-12-20-16-9-5-14(18)6-10-16/h5-6,9-10,15,19H,3-4,7-8,11-13H2,1-2H3. The summed E-state index contributed by atoms with van der Waals surface area (Å²) in [5.41, 5.74) is 0.387. The lowest BCUT2D eigenvalue weighted by atomic mass is 9.79. The molecule has 0 aromatic heterocycles. The Labute approximate surface area is 131 Å².